The van der Waals surface area contributed by atoms with E-state index in [1.807, 2.05) is 0 Å². The van der Waals surface area contributed by atoms with E-state index in [-0.39, 0.29) is 22.3 Å². The molecule has 1 aliphatic rings. The van der Waals surface area contributed by atoms with Crippen LogP contribution in [0.3, 0.4) is 0 Å². The zero-order valence-electron chi connectivity index (χ0n) is 9.37. The minimum absolute atomic E-state index is 0.0281. The van der Waals surface area contributed by atoms with Gasteiger partial charge in [0.25, 0.3) is 0 Å². The van der Waals surface area contributed by atoms with Crippen LogP contribution in [0.25, 0.3) is 0 Å². The summed E-state index contributed by atoms with van der Waals surface area (Å²) in [7, 11) is -1.55. The first-order valence-electron chi connectivity index (χ1n) is 5.47. The van der Waals surface area contributed by atoms with Gasteiger partial charge in [0.15, 0.2) is 0 Å². The van der Waals surface area contributed by atoms with Gasteiger partial charge in [0, 0.05) is 23.0 Å². The highest BCUT2D eigenvalue weighted by molar-refractivity contribution is 7.85. The molecule has 0 heterocycles. The van der Waals surface area contributed by atoms with Crippen LogP contribution in [0.5, 0.6) is 0 Å². The van der Waals surface area contributed by atoms with Gasteiger partial charge in [0.2, 0.25) is 0 Å². The molecule has 0 bridgehead atoms. The first kappa shape index (κ1) is 13.3. The Hall–Kier alpha value is -1.17. The SMILES string of the molecule is O=C1CCC(S(=O)c2cccc(C(F)(F)F)c2)C1. The van der Waals surface area contributed by atoms with E-state index in [9.17, 15) is 22.2 Å². The van der Waals surface area contributed by atoms with Crippen molar-refractivity contribution in [2.45, 2.75) is 35.6 Å². The Morgan fingerprint density at radius 1 is 1.28 bits per heavy atom. The van der Waals surface area contributed by atoms with Crippen LogP contribution < -0.4 is 0 Å². The van der Waals surface area contributed by atoms with E-state index in [0.717, 1.165) is 12.1 Å². The molecule has 0 aromatic heterocycles. The monoisotopic (exact) mass is 276 g/mol. The quantitative estimate of drug-likeness (QED) is 0.832. The van der Waals surface area contributed by atoms with Crippen LogP contribution in [-0.4, -0.2) is 15.2 Å². The summed E-state index contributed by atoms with van der Waals surface area (Å²) in [5, 5.41) is -0.346. The van der Waals surface area contributed by atoms with Gasteiger partial charge in [-0.3, -0.25) is 9.00 Å². The highest BCUT2D eigenvalue weighted by atomic mass is 32.2. The second-order valence-corrected chi connectivity index (χ2v) is 5.96. The predicted octanol–water partition coefficient (Wildman–Crippen LogP) is 2.93. The molecule has 0 radical (unpaired) electrons. The van der Waals surface area contributed by atoms with Gasteiger partial charge in [0.1, 0.15) is 5.78 Å². The molecule has 1 saturated carbocycles. The summed E-state index contributed by atoms with van der Waals surface area (Å²) in [6.07, 6.45) is -3.38. The molecule has 6 heteroatoms. The van der Waals surface area contributed by atoms with E-state index in [4.69, 9.17) is 0 Å². The Bertz CT molecular complexity index is 496. The lowest BCUT2D eigenvalue weighted by atomic mass is 10.2. The van der Waals surface area contributed by atoms with Crippen molar-refractivity contribution in [1.82, 2.24) is 0 Å². The van der Waals surface area contributed by atoms with Crippen molar-refractivity contribution in [3.8, 4) is 0 Å². The molecule has 2 nitrogen and oxygen atoms in total. The smallest absolute Gasteiger partial charge is 0.300 e. The molecular formula is C12H11F3O2S. The predicted molar refractivity (Wildman–Crippen MR) is 60.5 cm³/mol. The number of Topliss-reactive ketones (excluding diaryl/α,β-unsaturated/α-hetero) is 1. The number of benzene rings is 1. The van der Waals surface area contributed by atoms with Crippen LogP contribution in [-0.2, 0) is 21.8 Å². The van der Waals surface area contributed by atoms with Gasteiger partial charge >= 0.3 is 6.18 Å². The van der Waals surface area contributed by atoms with E-state index in [2.05, 4.69) is 0 Å². The van der Waals surface area contributed by atoms with Crippen LogP contribution in [0.15, 0.2) is 29.2 Å². The minimum Gasteiger partial charge on any atom is -0.300 e. The van der Waals surface area contributed by atoms with E-state index >= 15 is 0 Å². The molecule has 2 atom stereocenters. The van der Waals surface area contributed by atoms with Crippen molar-refractivity contribution in [2.75, 3.05) is 0 Å². The van der Waals surface area contributed by atoms with Crippen molar-refractivity contribution in [3.63, 3.8) is 0 Å². The molecule has 1 aliphatic carbocycles. The minimum atomic E-state index is -4.44. The summed E-state index contributed by atoms with van der Waals surface area (Å²) in [6.45, 7) is 0. The third kappa shape index (κ3) is 2.80. The lowest BCUT2D eigenvalue weighted by Gasteiger charge is -2.11. The summed E-state index contributed by atoms with van der Waals surface area (Å²) in [6, 6.07) is 4.50. The van der Waals surface area contributed by atoms with Gasteiger partial charge in [-0.05, 0) is 24.6 Å². The number of ketones is 1. The van der Waals surface area contributed by atoms with Gasteiger partial charge in [-0.1, -0.05) is 6.07 Å². The molecule has 0 spiro atoms. The van der Waals surface area contributed by atoms with Gasteiger partial charge in [0.05, 0.1) is 16.4 Å². The van der Waals surface area contributed by atoms with E-state index in [1.54, 1.807) is 0 Å². The van der Waals surface area contributed by atoms with E-state index < -0.39 is 22.5 Å². The zero-order chi connectivity index (χ0) is 13.3. The highest BCUT2D eigenvalue weighted by Crippen LogP contribution is 2.31. The molecule has 2 unspecified atom stereocenters. The lowest BCUT2D eigenvalue weighted by Crippen LogP contribution is -2.13. The molecular weight excluding hydrogens is 265 g/mol. The molecule has 1 aromatic carbocycles. The second-order valence-electron chi connectivity index (χ2n) is 4.23. The number of alkyl halides is 3. The maximum Gasteiger partial charge on any atom is 0.416 e. The summed E-state index contributed by atoms with van der Waals surface area (Å²) in [4.78, 5) is 11.2. The van der Waals surface area contributed by atoms with Crippen molar-refractivity contribution in [3.05, 3.63) is 29.8 Å². The third-order valence-electron chi connectivity index (χ3n) is 2.90. The Balaban J connectivity index is 2.23. The lowest BCUT2D eigenvalue weighted by molar-refractivity contribution is -0.137. The van der Waals surface area contributed by atoms with Crippen LogP contribution in [0.4, 0.5) is 13.2 Å². The van der Waals surface area contributed by atoms with Crippen molar-refractivity contribution in [2.24, 2.45) is 0 Å². The average molecular weight is 276 g/mol. The second kappa shape index (κ2) is 4.84. The standard InChI is InChI=1S/C12H11F3O2S/c13-12(14,15)8-2-1-3-10(6-8)18(17)11-5-4-9(16)7-11/h1-3,6,11H,4-5,7H2. The molecule has 0 amide bonds. The Labute approximate surface area is 105 Å². The molecule has 18 heavy (non-hydrogen) atoms. The first-order valence-corrected chi connectivity index (χ1v) is 6.69. The summed E-state index contributed by atoms with van der Waals surface area (Å²) in [5.74, 6) is 0.0281. The summed E-state index contributed by atoms with van der Waals surface area (Å²) < 4.78 is 49.6. The summed E-state index contributed by atoms with van der Waals surface area (Å²) >= 11 is 0. The fourth-order valence-corrected chi connectivity index (χ4v) is 3.46. The normalized spacial score (nSPS) is 22.2. The number of hydrogen-bond acceptors (Lipinski definition) is 2. The molecule has 2 rings (SSSR count). The maximum atomic E-state index is 12.5. The van der Waals surface area contributed by atoms with Gasteiger partial charge in [-0.25, -0.2) is 0 Å². The first-order chi connectivity index (χ1) is 8.38. The van der Waals surface area contributed by atoms with Crippen molar-refractivity contribution >= 4 is 16.6 Å². The number of carbonyl (C=O) groups is 1. The molecule has 0 aliphatic heterocycles. The zero-order valence-corrected chi connectivity index (χ0v) is 10.2. The van der Waals surface area contributed by atoms with Crippen LogP contribution >= 0.6 is 0 Å². The maximum absolute atomic E-state index is 12.5. The molecule has 0 N–H and O–H groups in total. The number of hydrogen-bond donors (Lipinski definition) is 0. The van der Waals surface area contributed by atoms with E-state index in [0.29, 0.717) is 12.8 Å². The highest BCUT2D eigenvalue weighted by Gasteiger charge is 2.32. The topological polar surface area (TPSA) is 34.1 Å². The van der Waals surface area contributed by atoms with Crippen molar-refractivity contribution < 1.29 is 22.2 Å². The Kier molecular flexibility index (Phi) is 3.56. The van der Waals surface area contributed by atoms with Gasteiger partial charge in [-0.2, -0.15) is 13.2 Å². The molecule has 1 fully saturated rings. The Morgan fingerprint density at radius 3 is 2.56 bits per heavy atom. The van der Waals surface area contributed by atoms with Crippen LogP contribution in [0, 0.1) is 0 Å². The fraction of sp³-hybridized carbons (Fsp3) is 0.417. The largest absolute Gasteiger partial charge is 0.416 e. The number of rotatable bonds is 2. The fourth-order valence-electron chi connectivity index (χ4n) is 1.95. The average Bonchev–Trinajstić information content (AvgIpc) is 2.74. The molecule has 0 saturated heterocycles. The van der Waals surface area contributed by atoms with Gasteiger partial charge in [-0.15, -0.1) is 0 Å². The molecule has 1 aromatic rings. The van der Waals surface area contributed by atoms with Crippen molar-refractivity contribution in [1.29, 1.82) is 0 Å². The molecule has 98 valence electrons. The third-order valence-corrected chi connectivity index (χ3v) is 4.62. The van der Waals surface area contributed by atoms with Crippen LogP contribution in [0.2, 0.25) is 0 Å². The van der Waals surface area contributed by atoms with Crippen LogP contribution in [0.1, 0.15) is 24.8 Å². The number of halogens is 3. The Morgan fingerprint density at radius 2 is 2.00 bits per heavy atom. The van der Waals surface area contributed by atoms with E-state index in [1.165, 1.54) is 12.1 Å². The number of carbonyl (C=O) groups excluding carboxylic acids is 1. The summed E-state index contributed by atoms with van der Waals surface area (Å²) in [5.41, 5.74) is -0.808. The van der Waals surface area contributed by atoms with Gasteiger partial charge < -0.3 is 0 Å².